The molecule has 0 spiro atoms. The van der Waals surface area contributed by atoms with Crippen molar-refractivity contribution in [3.63, 3.8) is 0 Å². The van der Waals surface area contributed by atoms with Crippen LogP contribution in [0.15, 0.2) is 58.3 Å². The summed E-state index contributed by atoms with van der Waals surface area (Å²) in [7, 11) is -3.21. The smallest absolute Gasteiger partial charge is 0.176 e. The van der Waals surface area contributed by atoms with Gasteiger partial charge >= 0.3 is 0 Å². The SMILES string of the molecule is CS(=O)(=O)c1ccccc1SCc1ccc(C#N)cc1. The highest BCUT2D eigenvalue weighted by Gasteiger charge is 2.12. The maximum Gasteiger partial charge on any atom is 0.176 e. The normalized spacial score (nSPS) is 11.0. The zero-order valence-electron chi connectivity index (χ0n) is 10.9. The van der Waals surface area contributed by atoms with Crippen molar-refractivity contribution >= 4 is 21.6 Å². The van der Waals surface area contributed by atoms with Gasteiger partial charge in [0.2, 0.25) is 0 Å². The quantitative estimate of drug-likeness (QED) is 0.814. The molecule has 2 aromatic rings. The van der Waals surface area contributed by atoms with Crippen LogP contribution in [0.2, 0.25) is 0 Å². The van der Waals surface area contributed by atoms with Crippen molar-refractivity contribution in [3.05, 3.63) is 59.7 Å². The summed E-state index contributed by atoms with van der Waals surface area (Å²) in [5.41, 5.74) is 1.67. The van der Waals surface area contributed by atoms with Gasteiger partial charge in [-0.05, 0) is 29.8 Å². The Morgan fingerprint density at radius 1 is 1.10 bits per heavy atom. The third-order valence-corrected chi connectivity index (χ3v) is 5.15. The Morgan fingerprint density at radius 2 is 1.75 bits per heavy atom. The Bertz CT molecular complexity index is 744. The van der Waals surface area contributed by atoms with Gasteiger partial charge in [0.25, 0.3) is 0 Å². The van der Waals surface area contributed by atoms with E-state index in [1.165, 1.54) is 18.0 Å². The van der Waals surface area contributed by atoms with E-state index in [4.69, 9.17) is 5.26 Å². The molecule has 0 N–H and O–H groups in total. The lowest BCUT2D eigenvalue weighted by Crippen LogP contribution is -1.99. The van der Waals surface area contributed by atoms with Gasteiger partial charge in [-0.25, -0.2) is 8.42 Å². The minimum Gasteiger partial charge on any atom is -0.224 e. The van der Waals surface area contributed by atoms with E-state index in [0.29, 0.717) is 16.2 Å². The molecule has 102 valence electrons. The summed E-state index contributed by atoms with van der Waals surface area (Å²) in [6.07, 6.45) is 1.22. The van der Waals surface area contributed by atoms with Crippen LogP contribution in [0.4, 0.5) is 0 Å². The summed E-state index contributed by atoms with van der Waals surface area (Å²) in [6.45, 7) is 0. The zero-order valence-corrected chi connectivity index (χ0v) is 12.5. The Kier molecular flexibility index (Phi) is 4.48. The van der Waals surface area contributed by atoms with E-state index in [9.17, 15) is 8.42 Å². The first-order chi connectivity index (χ1) is 9.50. The minimum absolute atomic E-state index is 0.360. The van der Waals surface area contributed by atoms with Crippen molar-refractivity contribution in [2.75, 3.05) is 6.26 Å². The lowest BCUT2D eigenvalue weighted by molar-refractivity contribution is 0.600. The first kappa shape index (κ1) is 14.6. The molecule has 2 rings (SSSR count). The summed E-state index contributed by atoms with van der Waals surface area (Å²) < 4.78 is 23.4. The second-order valence-electron chi connectivity index (χ2n) is 4.32. The molecule has 0 aromatic heterocycles. The van der Waals surface area contributed by atoms with Gasteiger partial charge < -0.3 is 0 Å². The van der Waals surface area contributed by atoms with E-state index in [1.807, 2.05) is 24.3 Å². The molecule has 0 amide bonds. The molecule has 0 radical (unpaired) electrons. The van der Waals surface area contributed by atoms with E-state index >= 15 is 0 Å². The Morgan fingerprint density at radius 3 is 2.35 bits per heavy atom. The second-order valence-corrected chi connectivity index (χ2v) is 7.32. The molecule has 0 aliphatic rings. The third-order valence-electron chi connectivity index (χ3n) is 2.73. The topological polar surface area (TPSA) is 57.9 Å². The second kappa shape index (κ2) is 6.12. The van der Waals surface area contributed by atoms with Crippen LogP contribution in [0.3, 0.4) is 0 Å². The van der Waals surface area contributed by atoms with Crippen LogP contribution in [-0.2, 0) is 15.6 Å². The molecule has 2 aromatic carbocycles. The van der Waals surface area contributed by atoms with Crippen molar-refractivity contribution in [2.45, 2.75) is 15.5 Å². The summed E-state index contributed by atoms with van der Waals surface area (Å²) in [5, 5.41) is 8.74. The van der Waals surface area contributed by atoms with E-state index in [2.05, 4.69) is 6.07 Å². The van der Waals surface area contributed by atoms with Crippen LogP contribution in [0.25, 0.3) is 0 Å². The molecule has 0 atom stereocenters. The summed E-state index contributed by atoms with van der Waals surface area (Å²) >= 11 is 1.48. The van der Waals surface area contributed by atoms with Crippen molar-refractivity contribution in [1.29, 1.82) is 5.26 Å². The van der Waals surface area contributed by atoms with Crippen molar-refractivity contribution in [3.8, 4) is 6.07 Å². The number of thioether (sulfide) groups is 1. The van der Waals surface area contributed by atoms with E-state index in [0.717, 1.165) is 10.5 Å². The molecule has 0 aliphatic carbocycles. The average molecular weight is 303 g/mol. The third kappa shape index (κ3) is 3.62. The number of hydrogen-bond donors (Lipinski definition) is 0. The fourth-order valence-corrected chi connectivity index (χ4v) is 4.00. The first-order valence-electron chi connectivity index (χ1n) is 5.91. The number of benzene rings is 2. The predicted octanol–water partition coefficient (Wildman–Crippen LogP) is 3.25. The number of sulfone groups is 1. The Labute approximate surface area is 123 Å². The van der Waals surface area contributed by atoms with Gasteiger partial charge in [-0.3, -0.25) is 0 Å². The predicted molar refractivity (Wildman–Crippen MR) is 80.3 cm³/mol. The first-order valence-corrected chi connectivity index (χ1v) is 8.79. The van der Waals surface area contributed by atoms with Crippen molar-refractivity contribution in [1.82, 2.24) is 0 Å². The summed E-state index contributed by atoms with van der Waals surface area (Å²) in [5.74, 6) is 0.665. The maximum atomic E-state index is 11.7. The highest BCUT2D eigenvalue weighted by Crippen LogP contribution is 2.29. The Hall–Kier alpha value is -1.77. The van der Waals surface area contributed by atoms with Gasteiger partial charge in [0, 0.05) is 16.9 Å². The highest BCUT2D eigenvalue weighted by atomic mass is 32.2. The van der Waals surface area contributed by atoms with E-state index in [-0.39, 0.29) is 0 Å². The lowest BCUT2D eigenvalue weighted by Gasteiger charge is -2.07. The Balaban J connectivity index is 2.17. The maximum absolute atomic E-state index is 11.7. The van der Waals surface area contributed by atoms with Crippen LogP contribution in [0.1, 0.15) is 11.1 Å². The van der Waals surface area contributed by atoms with Gasteiger partial charge in [-0.15, -0.1) is 11.8 Å². The number of nitrogens with zero attached hydrogens (tertiary/aromatic N) is 1. The number of rotatable bonds is 4. The monoisotopic (exact) mass is 303 g/mol. The average Bonchev–Trinajstić information content (AvgIpc) is 2.45. The fourth-order valence-electron chi connectivity index (χ4n) is 1.71. The van der Waals surface area contributed by atoms with Crippen LogP contribution in [-0.4, -0.2) is 14.7 Å². The van der Waals surface area contributed by atoms with E-state index in [1.54, 1.807) is 24.3 Å². The van der Waals surface area contributed by atoms with E-state index < -0.39 is 9.84 Å². The molecular weight excluding hydrogens is 290 g/mol. The minimum atomic E-state index is -3.21. The molecule has 0 unspecified atom stereocenters. The van der Waals surface area contributed by atoms with Crippen LogP contribution in [0.5, 0.6) is 0 Å². The summed E-state index contributed by atoms with van der Waals surface area (Å²) in [4.78, 5) is 1.11. The van der Waals surface area contributed by atoms with Crippen LogP contribution < -0.4 is 0 Å². The number of nitriles is 1. The largest absolute Gasteiger partial charge is 0.224 e. The highest BCUT2D eigenvalue weighted by molar-refractivity contribution is 7.99. The molecule has 0 saturated carbocycles. The van der Waals surface area contributed by atoms with Crippen molar-refractivity contribution in [2.24, 2.45) is 0 Å². The molecular formula is C15H13NO2S2. The summed E-state index contributed by atoms with van der Waals surface area (Å²) in [6, 6.07) is 16.3. The molecule has 0 aliphatic heterocycles. The van der Waals surface area contributed by atoms with Gasteiger partial charge in [-0.1, -0.05) is 24.3 Å². The van der Waals surface area contributed by atoms with Gasteiger partial charge in [0.05, 0.1) is 16.5 Å². The number of hydrogen-bond acceptors (Lipinski definition) is 4. The van der Waals surface area contributed by atoms with Gasteiger partial charge in [0.1, 0.15) is 0 Å². The molecule has 20 heavy (non-hydrogen) atoms. The van der Waals surface area contributed by atoms with Crippen LogP contribution >= 0.6 is 11.8 Å². The fraction of sp³-hybridized carbons (Fsp3) is 0.133. The standard InChI is InChI=1S/C15H13NO2S2/c1-20(17,18)15-5-3-2-4-14(15)19-11-13-8-6-12(10-16)7-9-13/h2-9H,11H2,1H3. The van der Waals surface area contributed by atoms with Crippen molar-refractivity contribution < 1.29 is 8.42 Å². The van der Waals surface area contributed by atoms with Crippen LogP contribution in [0, 0.1) is 11.3 Å². The molecule has 0 saturated heterocycles. The van der Waals surface area contributed by atoms with Gasteiger partial charge in [0.15, 0.2) is 9.84 Å². The molecule has 3 nitrogen and oxygen atoms in total. The molecule has 5 heteroatoms. The molecule has 0 heterocycles. The van der Waals surface area contributed by atoms with Gasteiger partial charge in [-0.2, -0.15) is 5.26 Å². The molecule has 0 bridgehead atoms. The molecule has 0 fully saturated rings. The zero-order chi connectivity index (χ0) is 14.6. The lowest BCUT2D eigenvalue weighted by atomic mass is 10.2.